The molecule has 0 aliphatic carbocycles. The summed E-state index contributed by atoms with van der Waals surface area (Å²) in [5.41, 5.74) is 4.06. The van der Waals surface area contributed by atoms with Gasteiger partial charge >= 0.3 is 0 Å². The highest BCUT2D eigenvalue weighted by Crippen LogP contribution is 2.34. The molecule has 118 valence electrons. The normalized spacial score (nSPS) is 13.7. The summed E-state index contributed by atoms with van der Waals surface area (Å²) in [5, 5.41) is 0. The topological polar surface area (TPSA) is 59.4 Å². The Balaban J connectivity index is 2.53. The first kappa shape index (κ1) is 16.6. The van der Waals surface area contributed by atoms with Gasteiger partial charge in [-0.3, -0.25) is 4.98 Å². The van der Waals surface area contributed by atoms with Crippen molar-refractivity contribution >= 4 is 10.2 Å². The quantitative estimate of drug-likeness (QED) is 0.869. The fourth-order valence-corrected chi connectivity index (χ4v) is 4.74. The van der Waals surface area contributed by atoms with Crippen molar-refractivity contribution in [3.05, 3.63) is 52.3 Å². The first-order valence-electron chi connectivity index (χ1n) is 7.07. The van der Waals surface area contributed by atoms with E-state index in [4.69, 9.17) is 4.74 Å². The van der Waals surface area contributed by atoms with E-state index in [0.717, 1.165) is 33.7 Å². The second kappa shape index (κ2) is 6.18. The van der Waals surface area contributed by atoms with Gasteiger partial charge in [0.25, 0.3) is 10.2 Å². The molecule has 0 fully saturated rings. The van der Waals surface area contributed by atoms with Crippen LogP contribution < -0.4 is 4.74 Å². The van der Waals surface area contributed by atoms with Crippen molar-refractivity contribution in [1.82, 2.24) is 4.98 Å². The molecular weight excluding hydrogens is 298 g/mol. The Morgan fingerprint density at radius 1 is 1.23 bits per heavy atom. The van der Waals surface area contributed by atoms with Crippen LogP contribution in [0.2, 0.25) is 0 Å². The second-order valence-corrected chi connectivity index (χ2v) is 7.49. The largest absolute Gasteiger partial charge is 0.496 e. The van der Waals surface area contributed by atoms with Crippen molar-refractivity contribution < 1.29 is 13.5 Å². The number of benzene rings is 1. The first-order chi connectivity index (χ1) is 10.3. The van der Waals surface area contributed by atoms with Crippen LogP contribution in [0.4, 0.5) is 0 Å². The molecule has 0 aliphatic heterocycles. The number of methoxy groups -OCH3 is 1. The predicted octanol–water partition coefficient (Wildman–Crippen LogP) is 3.86. The molecule has 0 aliphatic rings. The summed E-state index contributed by atoms with van der Waals surface area (Å²) in [6, 6.07) is 5.46. The summed E-state index contributed by atoms with van der Waals surface area (Å²) in [6.45, 7) is 7.47. The van der Waals surface area contributed by atoms with Gasteiger partial charge in [0.05, 0.1) is 7.11 Å². The molecule has 0 saturated heterocycles. The molecule has 0 saturated carbocycles. The van der Waals surface area contributed by atoms with Crippen molar-refractivity contribution in [3.8, 4) is 5.75 Å². The van der Waals surface area contributed by atoms with Gasteiger partial charge in [0.15, 0.2) is 10.6 Å². The van der Waals surface area contributed by atoms with Crippen LogP contribution >= 0.6 is 0 Å². The molecule has 2 aromatic rings. The summed E-state index contributed by atoms with van der Waals surface area (Å²) in [6.07, 6.45) is 1.69. The molecule has 0 radical (unpaired) electrons. The highest BCUT2D eigenvalue weighted by atomic mass is 32.3. The van der Waals surface area contributed by atoms with Crippen molar-refractivity contribution in [2.45, 2.75) is 38.3 Å². The van der Waals surface area contributed by atoms with Crippen molar-refractivity contribution in [1.29, 1.82) is 0 Å². The van der Waals surface area contributed by atoms with Gasteiger partial charge in [-0.15, -0.1) is 0 Å². The number of nitrogens with zero attached hydrogens (tertiary/aromatic N) is 1. The minimum absolute atomic E-state index is 0.0696. The molecule has 1 aromatic heterocycles. The minimum atomic E-state index is -3.19. The maximum atomic E-state index is 13.0. The van der Waals surface area contributed by atoms with Gasteiger partial charge < -0.3 is 4.74 Å². The maximum absolute atomic E-state index is 13.0. The van der Waals surface area contributed by atoms with Crippen molar-refractivity contribution in [2.24, 2.45) is 0 Å². The lowest BCUT2D eigenvalue weighted by Crippen LogP contribution is -2.17. The molecule has 4 nitrogen and oxygen atoms in total. The zero-order valence-electron chi connectivity index (χ0n) is 13.6. The highest BCUT2D eigenvalue weighted by molar-refractivity contribution is 7.97. The Morgan fingerprint density at radius 2 is 1.91 bits per heavy atom. The highest BCUT2D eigenvalue weighted by Gasteiger charge is 2.35. The van der Waals surface area contributed by atoms with Gasteiger partial charge in [0.2, 0.25) is 0 Å². The van der Waals surface area contributed by atoms with Gasteiger partial charge in [-0.25, -0.2) is 0 Å². The lowest BCUT2D eigenvalue weighted by atomic mass is 10.1. The Kier molecular flexibility index (Phi) is 4.68. The molecule has 1 heterocycles. The number of pyridine rings is 1. The number of aromatic nitrogens is 1. The summed E-state index contributed by atoms with van der Waals surface area (Å²) in [5.74, 6) is 0.812. The molecule has 0 spiro atoms. The van der Waals surface area contributed by atoms with E-state index in [1.165, 1.54) is 0 Å². The van der Waals surface area contributed by atoms with Crippen LogP contribution in [-0.2, 0) is 20.2 Å². The molecule has 0 bridgehead atoms. The lowest BCUT2D eigenvalue weighted by molar-refractivity contribution is 0.410. The predicted molar refractivity (Wildman–Crippen MR) is 88.8 cm³/mol. The third-order valence-corrected chi connectivity index (χ3v) is 5.95. The molecule has 22 heavy (non-hydrogen) atoms. The van der Waals surface area contributed by atoms with E-state index in [-0.39, 0.29) is 5.75 Å². The van der Waals surface area contributed by atoms with E-state index in [9.17, 15) is 8.76 Å². The average Bonchev–Trinajstić information content (AvgIpc) is 2.45. The Labute approximate surface area is 132 Å². The van der Waals surface area contributed by atoms with Gasteiger partial charge in [-0.1, -0.05) is 10.3 Å². The smallest absolute Gasteiger partial charge is 0.252 e. The number of hydrogen-bond donors (Lipinski definition) is 1. The Bertz CT molecular complexity index is 756. The number of ether oxygens (including phenoxy) is 1. The van der Waals surface area contributed by atoms with E-state index < -0.39 is 10.2 Å². The van der Waals surface area contributed by atoms with Crippen LogP contribution in [0.15, 0.2) is 29.3 Å². The molecule has 2 rings (SSSR count). The molecular formula is C17H22NO3S+. The lowest BCUT2D eigenvalue weighted by Gasteiger charge is -2.15. The van der Waals surface area contributed by atoms with Crippen LogP contribution in [0.25, 0.3) is 0 Å². The standard InChI is InChI=1S/C17H21NO3S/c1-11-9-16(21-5)12(2)13(3)17(11)22(19,20)10-15-7-6-8-18-14(15)4/h6-9H,10H2,1-5H3/p+1. The van der Waals surface area contributed by atoms with E-state index in [1.54, 1.807) is 19.4 Å². The van der Waals surface area contributed by atoms with Gasteiger partial charge in [-0.05, 0) is 45.4 Å². The molecule has 1 N–H and O–H groups in total. The summed E-state index contributed by atoms with van der Waals surface area (Å²) in [7, 11) is -1.58. The molecule has 1 unspecified atom stereocenters. The van der Waals surface area contributed by atoms with E-state index in [1.807, 2.05) is 39.8 Å². The molecule has 5 heteroatoms. The van der Waals surface area contributed by atoms with Gasteiger partial charge in [-0.2, -0.15) is 4.55 Å². The zero-order chi connectivity index (χ0) is 16.5. The van der Waals surface area contributed by atoms with E-state index in [0.29, 0.717) is 4.90 Å². The monoisotopic (exact) mass is 320 g/mol. The van der Waals surface area contributed by atoms with Crippen molar-refractivity contribution in [3.63, 3.8) is 0 Å². The van der Waals surface area contributed by atoms with Crippen molar-refractivity contribution in [2.75, 3.05) is 7.11 Å². The van der Waals surface area contributed by atoms with Gasteiger partial charge in [0.1, 0.15) is 5.75 Å². The van der Waals surface area contributed by atoms with Crippen LogP contribution in [0.5, 0.6) is 5.75 Å². The summed E-state index contributed by atoms with van der Waals surface area (Å²) >= 11 is 0. The third kappa shape index (κ3) is 3.05. The first-order valence-corrected chi connectivity index (χ1v) is 8.76. The second-order valence-electron chi connectivity index (χ2n) is 5.51. The fourth-order valence-electron chi connectivity index (χ4n) is 2.68. The number of hydrogen-bond acceptors (Lipinski definition) is 3. The van der Waals surface area contributed by atoms with E-state index >= 15 is 0 Å². The Hall–Kier alpha value is -1.72. The van der Waals surface area contributed by atoms with E-state index in [2.05, 4.69) is 4.98 Å². The fraction of sp³-hybridized carbons (Fsp3) is 0.353. The van der Waals surface area contributed by atoms with Crippen LogP contribution in [0.1, 0.15) is 27.9 Å². The summed E-state index contributed by atoms with van der Waals surface area (Å²) in [4.78, 5) is 4.70. The van der Waals surface area contributed by atoms with Gasteiger partial charge in [0, 0.05) is 28.6 Å². The van der Waals surface area contributed by atoms with Crippen LogP contribution in [0.3, 0.4) is 0 Å². The summed E-state index contributed by atoms with van der Waals surface area (Å²) < 4.78 is 29.0. The number of aryl methyl sites for hydroxylation is 2. The zero-order valence-corrected chi connectivity index (χ0v) is 14.5. The molecule has 1 atom stereocenters. The average molecular weight is 320 g/mol. The SMILES string of the molecule is COc1cc(C)c([S+](=O)(O)Cc2cccnc2C)c(C)c1C. The van der Waals surface area contributed by atoms with Crippen LogP contribution in [0, 0.1) is 27.7 Å². The third-order valence-electron chi connectivity index (χ3n) is 3.98. The maximum Gasteiger partial charge on any atom is 0.252 e. The minimum Gasteiger partial charge on any atom is -0.496 e. The molecule has 0 amide bonds. The molecule has 1 aromatic carbocycles. The Morgan fingerprint density at radius 3 is 2.50 bits per heavy atom. The van der Waals surface area contributed by atoms with Crippen LogP contribution in [-0.4, -0.2) is 16.6 Å². The number of rotatable bonds is 4.